The lowest BCUT2D eigenvalue weighted by atomic mass is 9.88. The molecule has 0 aromatic heterocycles. The Morgan fingerprint density at radius 3 is 2.44 bits per heavy atom. The van der Waals surface area contributed by atoms with Gasteiger partial charge in [-0.3, -0.25) is 0 Å². The second kappa shape index (κ2) is 6.88. The number of piperidine rings is 1. The maximum atomic E-state index is 6.04. The van der Waals surface area contributed by atoms with Crippen LogP contribution in [0.3, 0.4) is 0 Å². The first-order valence-corrected chi connectivity index (χ1v) is 7.77. The van der Waals surface area contributed by atoms with E-state index in [1.807, 2.05) is 0 Å². The first kappa shape index (κ1) is 14.3. The third-order valence-corrected chi connectivity index (χ3v) is 4.39. The number of ether oxygens (including phenoxy) is 1. The Morgan fingerprint density at radius 1 is 1.22 bits per heavy atom. The van der Waals surface area contributed by atoms with E-state index >= 15 is 0 Å². The molecular weight excluding hydrogens is 224 g/mol. The average Bonchev–Trinajstić information content (AvgIpc) is 2.32. The summed E-state index contributed by atoms with van der Waals surface area (Å²) in [6.07, 6.45) is 5.62. The molecule has 0 bridgehead atoms. The summed E-state index contributed by atoms with van der Waals surface area (Å²) in [5, 5.41) is 3.57. The van der Waals surface area contributed by atoms with E-state index in [9.17, 15) is 0 Å². The molecule has 2 fully saturated rings. The number of rotatable bonds is 6. The minimum atomic E-state index is 0.533. The molecule has 18 heavy (non-hydrogen) atoms. The maximum absolute atomic E-state index is 6.04. The fourth-order valence-corrected chi connectivity index (χ4v) is 3.05. The van der Waals surface area contributed by atoms with Crippen LogP contribution in [0.4, 0.5) is 0 Å². The molecule has 0 radical (unpaired) electrons. The summed E-state index contributed by atoms with van der Waals surface area (Å²) < 4.78 is 6.04. The van der Waals surface area contributed by atoms with E-state index in [4.69, 9.17) is 4.74 Å². The highest BCUT2D eigenvalue weighted by molar-refractivity contribution is 4.87. The van der Waals surface area contributed by atoms with Gasteiger partial charge in [0.15, 0.2) is 0 Å². The van der Waals surface area contributed by atoms with Crippen LogP contribution >= 0.6 is 0 Å². The highest BCUT2D eigenvalue weighted by Gasteiger charge is 2.30. The Hall–Kier alpha value is -0.120. The van der Waals surface area contributed by atoms with E-state index in [2.05, 4.69) is 31.0 Å². The summed E-state index contributed by atoms with van der Waals surface area (Å²) in [5.74, 6) is 0.810. The maximum Gasteiger partial charge on any atom is 0.0605 e. The van der Waals surface area contributed by atoms with Crippen molar-refractivity contribution in [2.75, 3.05) is 26.2 Å². The summed E-state index contributed by atoms with van der Waals surface area (Å²) >= 11 is 0. The van der Waals surface area contributed by atoms with Gasteiger partial charge in [0, 0.05) is 18.7 Å². The molecule has 1 heterocycles. The molecule has 1 aliphatic heterocycles. The number of nitrogens with zero attached hydrogens (tertiary/aromatic N) is 1. The predicted molar refractivity (Wildman–Crippen MR) is 75.9 cm³/mol. The Morgan fingerprint density at radius 2 is 1.89 bits per heavy atom. The minimum absolute atomic E-state index is 0.533. The van der Waals surface area contributed by atoms with Gasteiger partial charge in [-0.15, -0.1) is 0 Å². The lowest BCUT2D eigenvalue weighted by molar-refractivity contribution is -0.0413. The molecule has 3 heteroatoms. The summed E-state index contributed by atoms with van der Waals surface area (Å²) in [5.41, 5.74) is 0. The van der Waals surface area contributed by atoms with Crippen LogP contribution in [0.1, 0.15) is 46.5 Å². The first-order valence-electron chi connectivity index (χ1n) is 7.77. The fourth-order valence-electron chi connectivity index (χ4n) is 3.05. The smallest absolute Gasteiger partial charge is 0.0605 e. The molecule has 0 atom stereocenters. The Bertz CT molecular complexity index is 231. The number of hydrogen-bond donors (Lipinski definition) is 1. The molecular formula is C15H30N2O. The van der Waals surface area contributed by atoms with E-state index < -0.39 is 0 Å². The standard InChI is InChI=1S/C15H30N2O/c1-4-17-7-5-13(6-8-17)11-18-15-9-14(10-15)16-12(2)3/h12-16H,4-11H2,1-3H3/t14-,15-. The molecule has 0 amide bonds. The highest BCUT2D eigenvalue weighted by atomic mass is 16.5. The van der Waals surface area contributed by atoms with Crippen molar-refractivity contribution in [3.63, 3.8) is 0 Å². The molecule has 1 aliphatic carbocycles. The monoisotopic (exact) mass is 254 g/mol. The summed E-state index contributed by atoms with van der Waals surface area (Å²) in [6.45, 7) is 11.4. The molecule has 1 N–H and O–H groups in total. The lowest BCUT2D eigenvalue weighted by Gasteiger charge is -2.38. The quantitative estimate of drug-likeness (QED) is 0.787. The van der Waals surface area contributed by atoms with Gasteiger partial charge in [-0.05, 0) is 51.2 Å². The van der Waals surface area contributed by atoms with E-state index in [-0.39, 0.29) is 0 Å². The zero-order valence-corrected chi connectivity index (χ0v) is 12.3. The van der Waals surface area contributed by atoms with Gasteiger partial charge in [0.05, 0.1) is 6.10 Å². The van der Waals surface area contributed by atoms with Crippen molar-refractivity contribution in [1.82, 2.24) is 10.2 Å². The first-order chi connectivity index (χ1) is 8.67. The topological polar surface area (TPSA) is 24.5 Å². The van der Waals surface area contributed by atoms with Crippen LogP contribution in [0.2, 0.25) is 0 Å². The van der Waals surface area contributed by atoms with Crippen molar-refractivity contribution in [2.45, 2.75) is 64.6 Å². The molecule has 0 unspecified atom stereocenters. The largest absolute Gasteiger partial charge is 0.378 e. The van der Waals surface area contributed by atoms with Crippen LogP contribution < -0.4 is 5.32 Å². The highest BCUT2D eigenvalue weighted by Crippen LogP contribution is 2.26. The van der Waals surface area contributed by atoms with Crippen LogP contribution in [-0.2, 0) is 4.74 Å². The third-order valence-electron chi connectivity index (χ3n) is 4.39. The molecule has 0 aromatic carbocycles. The summed E-state index contributed by atoms with van der Waals surface area (Å²) in [6, 6.07) is 1.31. The minimum Gasteiger partial charge on any atom is -0.378 e. The van der Waals surface area contributed by atoms with Crippen LogP contribution in [0.5, 0.6) is 0 Å². The van der Waals surface area contributed by atoms with Gasteiger partial charge in [-0.1, -0.05) is 20.8 Å². The van der Waals surface area contributed by atoms with Gasteiger partial charge in [0.1, 0.15) is 0 Å². The number of likely N-dealkylation sites (tertiary alicyclic amines) is 1. The van der Waals surface area contributed by atoms with Crippen molar-refractivity contribution in [3.8, 4) is 0 Å². The van der Waals surface area contributed by atoms with Crippen molar-refractivity contribution in [2.24, 2.45) is 5.92 Å². The van der Waals surface area contributed by atoms with Gasteiger partial charge in [0.2, 0.25) is 0 Å². The molecule has 106 valence electrons. The average molecular weight is 254 g/mol. The fraction of sp³-hybridized carbons (Fsp3) is 1.00. The number of nitrogens with one attached hydrogen (secondary N) is 1. The summed E-state index contributed by atoms with van der Waals surface area (Å²) in [4.78, 5) is 2.54. The zero-order chi connectivity index (χ0) is 13.0. The van der Waals surface area contributed by atoms with Gasteiger partial charge >= 0.3 is 0 Å². The molecule has 0 aromatic rings. The van der Waals surface area contributed by atoms with E-state index in [1.165, 1.54) is 45.3 Å². The van der Waals surface area contributed by atoms with Crippen LogP contribution in [-0.4, -0.2) is 49.3 Å². The van der Waals surface area contributed by atoms with E-state index in [1.54, 1.807) is 0 Å². The zero-order valence-electron chi connectivity index (χ0n) is 12.3. The van der Waals surface area contributed by atoms with Gasteiger partial charge in [-0.2, -0.15) is 0 Å². The van der Waals surface area contributed by atoms with Crippen molar-refractivity contribution >= 4 is 0 Å². The Labute approximate surface area is 112 Å². The molecule has 3 nitrogen and oxygen atoms in total. The van der Waals surface area contributed by atoms with Gasteiger partial charge in [-0.25, -0.2) is 0 Å². The molecule has 0 spiro atoms. The third kappa shape index (κ3) is 4.22. The van der Waals surface area contributed by atoms with Crippen LogP contribution in [0, 0.1) is 5.92 Å². The van der Waals surface area contributed by atoms with Crippen molar-refractivity contribution in [1.29, 1.82) is 0 Å². The molecule has 2 rings (SSSR count). The van der Waals surface area contributed by atoms with E-state index in [0.29, 0.717) is 18.2 Å². The van der Waals surface area contributed by atoms with Crippen LogP contribution in [0.15, 0.2) is 0 Å². The Kier molecular flexibility index (Phi) is 5.46. The molecule has 2 aliphatic rings. The second-order valence-corrected chi connectivity index (χ2v) is 6.32. The SMILES string of the molecule is CCN1CCC(CO[C@H]2C[C@H](NC(C)C)C2)CC1. The summed E-state index contributed by atoms with van der Waals surface area (Å²) in [7, 11) is 0. The lowest BCUT2D eigenvalue weighted by Crippen LogP contribution is -2.48. The second-order valence-electron chi connectivity index (χ2n) is 6.32. The molecule has 1 saturated heterocycles. The van der Waals surface area contributed by atoms with Crippen molar-refractivity contribution in [3.05, 3.63) is 0 Å². The Balaban J connectivity index is 1.52. The van der Waals surface area contributed by atoms with Gasteiger partial charge in [0.25, 0.3) is 0 Å². The van der Waals surface area contributed by atoms with E-state index in [0.717, 1.165) is 12.5 Å². The number of hydrogen-bond acceptors (Lipinski definition) is 3. The normalized spacial score (nSPS) is 30.7. The predicted octanol–water partition coefficient (Wildman–Crippen LogP) is 2.26. The van der Waals surface area contributed by atoms with Gasteiger partial charge < -0.3 is 15.0 Å². The van der Waals surface area contributed by atoms with Crippen molar-refractivity contribution < 1.29 is 4.74 Å². The molecule has 1 saturated carbocycles. The van der Waals surface area contributed by atoms with Crippen LogP contribution in [0.25, 0.3) is 0 Å².